The molecule has 1 aromatic heterocycles. The molecule has 0 spiro atoms. The Kier molecular flexibility index (Phi) is 3.28. The van der Waals surface area contributed by atoms with Crippen molar-refractivity contribution in [3.8, 4) is 5.88 Å². The van der Waals surface area contributed by atoms with Gasteiger partial charge < -0.3 is 19.1 Å². The number of fused-ring (bicyclic) bond motifs is 2. The van der Waals surface area contributed by atoms with Gasteiger partial charge in [-0.1, -0.05) is 0 Å². The van der Waals surface area contributed by atoms with Gasteiger partial charge in [0.1, 0.15) is 0 Å². The summed E-state index contributed by atoms with van der Waals surface area (Å²) in [6, 6.07) is 0. The molecule has 1 saturated heterocycles. The predicted octanol–water partition coefficient (Wildman–Crippen LogP) is 0.199. The van der Waals surface area contributed by atoms with E-state index >= 15 is 0 Å². The number of phosphoric ester groups is 1. The highest BCUT2D eigenvalue weighted by atomic mass is 31.2. The van der Waals surface area contributed by atoms with E-state index in [1.54, 1.807) is 0 Å². The van der Waals surface area contributed by atoms with E-state index in [0.29, 0.717) is 0 Å². The molecule has 0 bridgehead atoms. The van der Waals surface area contributed by atoms with E-state index in [0.717, 1.165) is 0 Å². The highest BCUT2D eigenvalue weighted by Crippen LogP contribution is 2.55. The zero-order valence-corrected chi connectivity index (χ0v) is 11.6. The van der Waals surface area contributed by atoms with Gasteiger partial charge in [0, 0.05) is 26.6 Å². The number of hydrogen-bond donors (Lipinski definition) is 1. The summed E-state index contributed by atoms with van der Waals surface area (Å²) >= 11 is 0. The van der Waals surface area contributed by atoms with E-state index in [4.69, 9.17) is 23.3 Å². The van der Waals surface area contributed by atoms with E-state index in [1.165, 1.54) is 26.6 Å². The van der Waals surface area contributed by atoms with Gasteiger partial charge in [-0.15, -0.1) is 0 Å². The summed E-state index contributed by atoms with van der Waals surface area (Å²) < 4.78 is 37.8. The summed E-state index contributed by atoms with van der Waals surface area (Å²) in [6.45, 7) is -0.150. The third kappa shape index (κ3) is 1.95. The van der Waals surface area contributed by atoms with Gasteiger partial charge in [0.15, 0.2) is 17.9 Å². The fraction of sp³-hybridized carbons (Fsp3) is 0.600. The number of ether oxygens (including phenoxy) is 3. The Hall–Kier alpha value is -1.09. The average molecular weight is 304 g/mol. The van der Waals surface area contributed by atoms with Gasteiger partial charge in [-0.25, -0.2) is 14.5 Å². The molecule has 2 aliphatic heterocycles. The van der Waals surface area contributed by atoms with Gasteiger partial charge >= 0.3 is 7.82 Å². The van der Waals surface area contributed by atoms with Crippen LogP contribution in [0.4, 0.5) is 0 Å². The zero-order chi connectivity index (χ0) is 14.4. The first-order valence-corrected chi connectivity index (χ1v) is 7.26. The lowest BCUT2D eigenvalue weighted by atomic mass is 9.98. The van der Waals surface area contributed by atoms with Crippen LogP contribution in [-0.2, 0) is 28.9 Å². The second-order valence-electron chi connectivity index (χ2n) is 4.23. The van der Waals surface area contributed by atoms with Gasteiger partial charge in [0.2, 0.25) is 11.7 Å². The quantitative estimate of drug-likeness (QED) is 0.605. The number of methoxy groups -OCH3 is 2. The molecular formula is C10H13N2O7P. The summed E-state index contributed by atoms with van der Waals surface area (Å²) in [5.74, 6) is -1.28. The fourth-order valence-electron chi connectivity index (χ4n) is 2.34. The SMILES string of the molecule is COC1(OC)c2nccnc2O[C@@H]2COP(=O)(O)O[C@@H]21. The molecule has 1 unspecified atom stereocenters. The Morgan fingerprint density at radius 1 is 1.40 bits per heavy atom. The lowest BCUT2D eigenvalue weighted by Gasteiger charge is -2.46. The largest absolute Gasteiger partial charge is 0.472 e. The van der Waals surface area contributed by atoms with Crippen LogP contribution in [-0.4, -0.2) is 47.9 Å². The van der Waals surface area contributed by atoms with Gasteiger partial charge in [-0.05, 0) is 0 Å². The molecule has 0 amide bonds. The molecule has 20 heavy (non-hydrogen) atoms. The maximum absolute atomic E-state index is 11.6. The number of nitrogens with zero attached hydrogens (tertiary/aromatic N) is 2. The van der Waals surface area contributed by atoms with Crippen LogP contribution in [0.1, 0.15) is 5.69 Å². The Bertz CT molecular complexity index is 564. The minimum Gasteiger partial charge on any atom is -0.467 e. The first-order valence-electron chi connectivity index (χ1n) is 5.76. The van der Waals surface area contributed by atoms with Crippen LogP contribution in [0.5, 0.6) is 5.88 Å². The maximum atomic E-state index is 11.6. The molecule has 0 radical (unpaired) electrons. The van der Waals surface area contributed by atoms with E-state index in [1.807, 2.05) is 0 Å². The molecule has 9 nitrogen and oxygen atoms in total. The average Bonchev–Trinajstić information content (AvgIpc) is 2.45. The van der Waals surface area contributed by atoms with Crippen LogP contribution in [0.25, 0.3) is 0 Å². The van der Waals surface area contributed by atoms with Crippen molar-refractivity contribution in [3.05, 3.63) is 18.1 Å². The van der Waals surface area contributed by atoms with Crippen LogP contribution in [0, 0.1) is 0 Å². The Morgan fingerprint density at radius 2 is 2.10 bits per heavy atom. The van der Waals surface area contributed by atoms with Crippen LogP contribution >= 0.6 is 7.82 Å². The topological polar surface area (TPSA) is 109 Å². The zero-order valence-electron chi connectivity index (χ0n) is 10.8. The van der Waals surface area contributed by atoms with E-state index in [9.17, 15) is 9.46 Å². The highest BCUT2D eigenvalue weighted by Gasteiger charge is 2.59. The number of phosphoric acid groups is 1. The first-order chi connectivity index (χ1) is 9.52. The molecular weight excluding hydrogens is 291 g/mol. The van der Waals surface area contributed by atoms with Crippen LogP contribution in [0.3, 0.4) is 0 Å². The first kappa shape index (κ1) is 13.9. The molecule has 0 saturated carbocycles. The summed E-state index contributed by atoms with van der Waals surface area (Å²) in [5, 5.41) is 0. The van der Waals surface area contributed by atoms with Crippen molar-refractivity contribution in [2.24, 2.45) is 0 Å². The molecule has 3 rings (SSSR count). The van der Waals surface area contributed by atoms with E-state index in [-0.39, 0.29) is 18.2 Å². The molecule has 2 aliphatic rings. The Labute approximate surface area is 114 Å². The molecule has 1 aromatic rings. The maximum Gasteiger partial charge on any atom is 0.472 e. The monoisotopic (exact) mass is 304 g/mol. The van der Waals surface area contributed by atoms with Gasteiger partial charge in [-0.2, -0.15) is 0 Å². The van der Waals surface area contributed by atoms with Crippen LogP contribution < -0.4 is 4.74 Å². The van der Waals surface area contributed by atoms with Crippen LogP contribution in [0.15, 0.2) is 12.4 Å². The van der Waals surface area contributed by atoms with Crippen molar-refractivity contribution in [2.45, 2.75) is 18.0 Å². The third-order valence-electron chi connectivity index (χ3n) is 3.23. The molecule has 0 aromatic carbocycles. The second kappa shape index (κ2) is 4.73. The molecule has 3 atom stereocenters. The standard InChI is InChI=1S/C10H13N2O7P/c1-15-10(16-2)7-9(12-4-3-11-7)18-6-5-17-20(13,14)19-8(6)10/h3-4,6,8H,5H2,1-2H3,(H,13,14)/t6-,8+/m1/s1. The van der Waals surface area contributed by atoms with Gasteiger partial charge in [-0.3, -0.25) is 9.05 Å². The lowest BCUT2D eigenvalue weighted by Crippen LogP contribution is -2.59. The van der Waals surface area contributed by atoms with Crippen molar-refractivity contribution in [2.75, 3.05) is 20.8 Å². The van der Waals surface area contributed by atoms with Crippen molar-refractivity contribution < 1.29 is 32.7 Å². The van der Waals surface area contributed by atoms with Gasteiger partial charge in [0.05, 0.1) is 6.61 Å². The molecule has 3 heterocycles. The molecule has 10 heteroatoms. The third-order valence-corrected chi connectivity index (χ3v) is 4.19. The van der Waals surface area contributed by atoms with E-state index in [2.05, 4.69) is 9.97 Å². The Balaban J connectivity index is 2.12. The molecule has 1 N–H and O–H groups in total. The van der Waals surface area contributed by atoms with Crippen molar-refractivity contribution in [1.82, 2.24) is 9.97 Å². The second-order valence-corrected chi connectivity index (χ2v) is 5.64. The fourth-order valence-corrected chi connectivity index (χ4v) is 3.30. The number of hydrogen-bond acceptors (Lipinski definition) is 8. The number of rotatable bonds is 2. The highest BCUT2D eigenvalue weighted by molar-refractivity contribution is 7.47. The van der Waals surface area contributed by atoms with E-state index < -0.39 is 25.8 Å². The normalized spacial score (nSPS) is 34.8. The summed E-state index contributed by atoms with van der Waals surface area (Å²) in [5.41, 5.74) is 0.244. The van der Waals surface area contributed by atoms with Gasteiger partial charge in [0.25, 0.3) is 0 Å². The molecule has 0 aliphatic carbocycles. The Morgan fingerprint density at radius 3 is 2.80 bits per heavy atom. The smallest absolute Gasteiger partial charge is 0.467 e. The lowest BCUT2D eigenvalue weighted by molar-refractivity contribution is -0.300. The van der Waals surface area contributed by atoms with Crippen molar-refractivity contribution in [3.63, 3.8) is 0 Å². The number of aromatic nitrogens is 2. The molecule has 1 fully saturated rings. The van der Waals surface area contributed by atoms with Crippen molar-refractivity contribution >= 4 is 7.82 Å². The molecule has 110 valence electrons. The minimum absolute atomic E-state index is 0.150. The minimum atomic E-state index is -4.18. The predicted molar refractivity (Wildman–Crippen MR) is 62.8 cm³/mol. The summed E-state index contributed by atoms with van der Waals surface area (Å²) in [6.07, 6.45) is 1.18. The summed E-state index contributed by atoms with van der Waals surface area (Å²) in [7, 11) is -1.42. The van der Waals surface area contributed by atoms with Crippen molar-refractivity contribution in [1.29, 1.82) is 0 Å². The van der Waals surface area contributed by atoms with Crippen LogP contribution in [0.2, 0.25) is 0 Å². The summed E-state index contributed by atoms with van der Waals surface area (Å²) in [4.78, 5) is 17.7.